The molecule has 0 radical (unpaired) electrons. The molecule has 4 aromatic rings. The van der Waals surface area contributed by atoms with Crippen LogP contribution in [0.4, 0.5) is 5.13 Å². The van der Waals surface area contributed by atoms with E-state index < -0.39 is 0 Å². The van der Waals surface area contributed by atoms with Crippen LogP contribution < -0.4 is 10.1 Å². The van der Waals surface area contributed by atoms with Gasteiger partial charge in [0.15, 0.2) is 16.1 Å². The molecule has 0 fully saturated rings. The van der Waals surface area contributed by atoms with Crippen molar-refractivity contribution < 1.29 is 9.53 Å². The smallest absolute Gasteiger partial charge is 0.236 e. The van der Waals surface area contributed by atoms with E-state index in [-0.39, 0.29) is 11.7 Å². The number of nitrogens with zero attached hydrogens (tertiary/aromatic N) is 4. The number of fused-ring (bicyclic) bond motifs is 1. The van der Waals surface area contributed by atoms with E-state index in [0.29, 0.717) is 21.9 Å². The van der Waals surface area contributed by atoms with Gasteiger partial charge in [0.1, 0.15) is 5.75 Å². The molecule has 0 atom stereocenters. The third-order valence-corrected chi connectivity index (χ3v) is 6.43. The Morgan fingerprint density at radius 2 is 2.13 bits per heavy atom. The summed E-state index contributed by atoms with van der Waals surface area (Å²) in [4.78, 5) is 16.9. The summed E-state index contributed by atoms with van der Waals surface area (Å²) in [6.07, 6.45) is 0. The number of halogens is 1. The Morgan fingerprint density at radius 3 is 2.90 bits per heavy atom. The first-order valence-electron chi connectivity index (χ1n) is 9.13. The van der Waals surface area contributed by atoms with Gasteiger partial charge in [-0.05, 0) is 37.3 Å². The van der Waals surface area contributed by atoms with Gasteiger partial charge in [0.25, 0.3) is 0 Å². The molecule has 2 heterocycles. The molecule has 154 valence electrons. The topological polar surface area (TPSA) is 81.9 Å². The van der Waals surface area contributed by atoms with Crippen LogP contribution in [0.5, 0.6) is 5.75 Å². The monoisotopic (exact) mass is 459 g/mol. The number of carbonyl (C=O) groups excluding carboxylic acids is 1. The van der Waals surface area contributed by atoms with Crippen LogP contribution in [0.1, 0.15) is 6.92 Å². The van der Waals surface area contributed by atoms with Gasteiger partial charge < -0.3 is 14.6 Å². The molecule has 0 saturated carbocycles. The van der Waals surface area contributed by atoms with Crippen molar-refractivity contribution in [1.29, 1.82) is 0 Å². The molecule has 0 aliphatic heterocycles. The van der Waals surface area contributed by atoms with Crippen LogP contribution in [0.25, 0.3) is 21.6 Å². The minimum atomic E-state index is -0.152. The van der Waals surface area contributed by atoms with E-state index in [0.717, 1.165) is 27.4 Å². The van der Waals surface area contributed by atoms with Gasteiger partial charge in [-0.25, -0.2) is 4.98 Å². The highest BCUT2D eigenvalue weighted by Gasteiger charge is 2.16. The quantitative estimate of drug-likeness (QED) is 0.393. The van der Waals surface area contributed by atoms with E-state index >= 15 is 0 Å². The molecule has 30 heavy (non-hydrogen) atoms. The number of rotatable bonds is 7. The van der Waals surface area contributed by atoms with Crippen molar-refractivity contribution in [2.24, 2.45) is 0 Å². The summed E-state index contributed by atoms with van der Waals surface area (Å²) in [5, 5.41) is 13.3. The van der Waals surface area contributed by atoms with Crippen molar-refractivity contribution >= 4 is 56.0 Å². The number of ether oxygens (including phenoxy) is 1. The molecule has 7 nitrogen and oxygen atoms in total. The number of thioether (sulfide) groups is 1. The molecular formula is C20H18ClN5O2S2. The van der Waals surface area contributed by atoms with Gasteiger partial charge in [0, 0.05) is 17.1 Å². The first-order valence-corrected chi connectivity index (χ1v) is 11.3. The number of benzene rings is 2. The third kappa shape index (κ3) is 4.43. The lowest BCUT2D eigenvalue weighted by Gasteiger charge is -2.07. The second kappa shape index (κ2) is 9.03. The number of methoxy groups -OCH3 is 1. The summed E-state index contributed by atoms with van der Waals surface area (Å²) in [6.45, 7) is 2.69. The maximum atomic E-state index is 12.4. The lowest BCUT2D eigenvalue weighted by molar-refractivity contribution is -0.113. The van der Waals surface area contributed by atoms with Crippen molar-refractivity contribution in [3.05, 3.63) is 47.5 Å². The number of aromatic nitrogens is 4. The van der Waals surface area contributed by atoms with Gasteiger partial charge >= 0.3 is 0 Å². The van der Waals surface area contributed by atoms with Crippen LogP contribution in [-0.4, -0.2) is 38.5 Å². The zero-order valence-electron chi connectivity index (χ0n) is 16.3. The summed E-state index contributed by atoms with van der Waals surface area (Å²) < 4.78 is 8.15. The Balaban J connectivity index is 1.44. The van der Waals surface area contributed by atoms with Crippen molar-refractivity contribution in [2.75, 3.05) is 18.2 Å². The first kappa shape index (κ1) is 20.6. The number of hydrogen-bond donors (Lipinski definition) is 1. The molecule has 0 aliphatic carbocycles. The van der Waals surface area contributed by atoms with E-state index in [1.165, 1.54) is 23.1 Å². The Morgan fingerprint density at radius 1 is 1.27 bits per heavy atom. The number of thiazole rings is 1. The van der Waals surface area contributed by atoms with Crippen LogP contribution in [0, 0.1) is 0 Å². The fraction of sp³-hybridized carbons (Fsp3) is 0.200. The predicted octanol–water partition coefficient (Wildman–Crippen LogP) is 4.97. The van der Waals surface area contributed by atoms with Gasteiger partial charge in [0.05, 0.1) is 23.1 Å². The fourth-order valence-corrected chi connectivity index (χ4v) is 4.80. The number of carbonyl (C=O) groups is 1. The predicted molar refractivity (Wildman–Crippen MR) is 122 cm³/mol. The zero-order chi connectivity index (χ0) is 21.1. The molecule has 0 unspecified atom stereocenters. The Bertz CT molecular complexity index is 1210. The van der Waals surface area contributed by atoms with Gasteiger partial charge in [-0.15, -0.1) is 10.2 Å². The SMILES string of the molecule is CCn1c(SCC(=O)Nc2nc3ccc(OC)cc3s2)nnc1-c1cccc(Cl)c1. The molecule has 1 N–H and O–H groups in total. The van der Waals surface area contributed by atoms with Crippen LogP contribution in [-0.2, 0) is 11.3 Å². The van der Waals surface area contributed by atoms with E-state index in [2.05, 4.69) is 20.5 Å². The summed E-state index contributed by atoms with van der Waals surface area (Å²) in [5.74, 6) is 1.53. The van der Waals surface area contributed by atoms with Crippen molar-refractivity contribution in [2.45, 2.75) is 18.6 Å². The summed E-state index contributed by atoms with van der Waals surface area (Å²) >= 11 is 8.84. The highest BCUT2D eigenvalue weighted by atomic mass is 35.5. The van der Waals surface area contributed by atoms with Crippen LogP contribution in [0.2, 0.25) is 5.02 Å². The lowest BCUT2D eigenvalue weighted by Crippen LogP contribution is -2.14. The van der Waals surface area contributed by atoms with Crippen LogP contribution >= 0.6 is 34.7 Å². The number of amides is 1. The van der Waals surface area contributed by atoms with Crippen molar-refractivity contribution in [3.8, 4) is 17.1 Å². The molecule has 4 rings (SSSR count). The minimum Gasteiger partial charge on any atom is -0.497 e. The standard InChI is InChI=1S/C20H18ClN5O2S2/c1-3-26-18(12-5-4-6-13(21)9-12)24-25-20(26)29-11-17(27)23-19-22-15-8-7-14(28-2)10-16(15)30-19/h4-10H,3,11H2,1-2H3,(H,22,23,27). The molecular weight excluding hydrogens is 442 g/mol. The van der Waals surface area contributed by atoms with Crippen molar-refractivity contribution in [3.63, 3.8) is 0 Å². The average Bonchev–Trinajstić information content (AvgIpc) is 3.34. The minimum absolute atomic E-state index is 0.152. The van der Waals surface area contributed by atoms with E-state index in [1.54, 1.807) is 7.11 Å². The molecule has 0 bridgehead atoms. The second-order valence-electron chi connectivity index (χ2n) is 6.25. The van der Waals surface area contributed by atoms with Gasteiger partial charge in [0.2, 0.25) is 5.91 Å². The number of nitrogens with one attached hydrogen (secondary N) is 1. The Kier molecular flexibility index (Phi) is 6.21. The Labute approximate surface area is 186 Å². The van der Waals surface area contributed by atoms with E-state index in [1.807, 2.05) is 54.0 Å². The summed E-state index contributed by atoms with van der Waals surface area (Å²) in [5.41, 5.74) is 1.71. The van der Waals surface area contributed by atoms with Crippen molar-refractivity contribution in [1.82, 2.24) is 19.7 Å². The fourth-order valence-electron chi connectivity index (χ4n) is 2.89. The van der Waals surface area contributed by atoms with Crippen LogP contribution in [0.15, 0.2) is 47.6 Å². The highest BCUT2D eigenvalue weighted by Crippen LogP contribution is 2.30. The first-order chi connectivity index (χ1) is 14.6. The lowest BCUT2D eigenvalue weighted by atomic mass is 10.2. The molecule has 10 heteroatoms. The maximum absolute atomic E-state index is 12.4. The highest BCUT2D eigenvalue weighted by molar-refractivity contribution is 7.99. The average molecular weight is 460 g/mol. The van der Waals surface area contributed by atoms with E-state index in [4.69, 9.17) is 16.3 Å². The largest absolute Gasteiger partial charge is 0.497 e. The van der Waals surface area contributed by atoms with Gasteiger partial charge in [-0.3, -0.25) is 4.79 Å². The molecule has 0 saturated heterocycles. The van der Waals surface area contributed by atoms with Gasteiger partial charge in [-0.1, -0.05) is 46.8 Å². The normalized spacial score (nSPS) is 11.0. The maximum Gasteiger partial charge on any atom is 0.236 e. The summed E-state index contributed by atoms with van der Waals surface area (Å²) in [6, 6.07) is 13.1. The molecule has 1 amide bonds. The van der Waals surface area contributed by atoms with Crippen LogP contribution in [0.3, 0.4) is 0 Å². The number of hydrogen-bond acceptors (Lipinski definition) is 7. The third-order valence-electron chi connectivity index (χ3n) is 4.29. The Hall–Kier alpha value is -2.62. The van der Waals surface area contributed by atoms with Gasteiger partial charge in [-0.2, -0.15) is 0 Å². The second-order valence-corrected chi connectivity index (χ2v) is 8.66. The summed E-state index contributed by atoms with van der Waals surface area (Å²) in [7, 11) is 1.62. The van der Waals surface area contributed by atoms with E-state index in [9.17, 15) is 4.79 Å². The molecule has 0 aliphatic rings. The molecule has 2 aromatic carbocycles. The molecule has 0 spiro atoms. The number of anilines is 1. The molecule has 2 aromatic heterocycles. The zero-order valence-corrected chi connectivity index (χ0v) is 18.6.